The van der Waals surface area contributed by atoms with Crippen LogP contribution < -0.4 is 11.2 Å². The third-order valence-electron chi connectivity index (χ3n) is 4.43. The zero-order chi connectivity index (χ0) is 20.5. The molecule has 0 radical (unpaired) electrons. The van der Waals surface area contributed by atoms with Crippen molar-refractivity contribution >= 4 is 36.9 Å². The molecular weight excluding hydrogens is 448 g/mol. The summed E-state index contributed by atoms with van der Waals surface area (Å²) in [6.45, 7) is 4.22. The first kappa shape index (κ1) is 20.5. The number of fused-ring (bicyclic) bond motifs is 1. The molecule has 3 aromatic rings. The van der Waals surface area contributed by atoms with Crippen LogP contribution in [0.1, 0.15) is 19.4 Å². The number of aromatic nitrogens is 1. The van der Waals surface area contributed by atoms with Gasteiger partial charge in [0.1, 0.15) is 5.58 Å². The Labute approximate surface area is 170 Å². The predicted molar refractivity (Wildman–Crippen MR) is 110 cm³/mol. The minimum absolute atomic E-state index is 0.0332. The maximum Gasteiger partial charge on any atom is 0.336 e. The van der Waals surface area contributed by atoms with Crippen molar-refractivity contribution in [2.24, 2.45) is 0 Å². The molecule has 0 amide bonds. The quantitative estimate of drug-likeness (QED) is 0.521. The van der Waals surface area contributed by atoms with Crippen LogP contribution in [0.25, 0.3) is 11.0 Å². The van der Waals surface area contributed by atoms with Gasteiger partial charge >= 0.3 is 5.63 Å². The lowest BCUT2D eigenvalue weighted by molar-refractivity contribution is 0.444. The molecule has 0 atom stereocenters. The summed E-state index contributed by atoms with van der Waals surface area (Å²) in [5.74, 6) is 0. The van der Waals surface area contributed by atoms with Gasteiger partial charge in [0.15, 0.2) is 0 Å². The third-order valence-corrected chi connectivity index (χ3v) is 6.96. The largest absolute Gasteiger partial charge is 0.423 e. The van der Waals surface area contributed by atoms with Gasteiger partial charge in [0.05, 0.1) is 11.4 Å². The first-order valence-electron chi connectivity index (χ1n) is 8.69. The van der Waals surface area contributed by atoms with Crippen LogP contribution in [0.15, 0.2) is 66.0 Å². The zero-order valence-corrected chi connectivity index (χ0v) is 17.8. The average molecular weight is 467 g/mol. The monoisotopic (exact) mass is 466 g/mol. The van der Waals surface area contributed by atoms with E-state index in [1.165, 1.54) is 33.3 Å². The number of rotatable bonds is 6. The standard InChI is InChI=1S/C19H19BrN2O5S/c1-3-22(4-2)28(25,26)15-6-8-18(23)21(12-15)11-13-9-19(24)27-17-10-14(20)5-7-16(13)17/h5-10,12H,3-4,11H2,1-2H3. The van der Waals surface area contributed by atoms with Crippen molar-refractivity contribution < 1.29 is 12.8 Å². The van der Waals surface area contributed by atoms with Gasteiger partial charge in [0, 0.05) is 41.3 Å². The van der Waals surface area contributed by atoms with Crippen LogP contribution in [-0.4, -0.2) is 30.4 Å². The molecule has 1 aromatic carbocycles. The van der Waals surface area contributed by atoms with Crippen molar-refractivity contribution in [1.29, 1.82) is 0 Å². The Morgan fingerprint density at radius 3 is 2.46 bits per heavy atom. The van der Waals surface area contributed by atoms with Crippen LogP contribution in [0.5, 0.6) is 0 Å². The van der Waals surface area contributed by atoms with Gasteiger partial charge in [-0.15, -0.1) is 0 Å². The van der Waals surface area contributed by atoms with Crippen molar-refractivity contribution in [2.75, 3.05) is 13.1 Å². The van der Waals surface area contributed by atoms with Crippen LogP contribution in [0.3, 0.4) is 0 Å². The van der Waals surface area contributed by atoms with Gasteiger partial charge in [-0.2, -0.15) is 4.31 Å². The SMILES string of the molecule is CCN(CC)S(=O)(=O)c1ccc(=O)n(Cc2cc(=O)oc3cc(Br)ccc23)c1. The molecule has 0 aliphatic rings. The Morgan fingerprint density at radius 2 is 1.79 bits per heavy atom. The minimum atomic E-state index is -3.70. The van der Waals surface area contributed by atoms with Crippen LogP contribution >= 0.6 is 15.9 Å². The molecule has 0 aliphatic heterocycles. The Morgan fingerprint density at radius 1 is 1.07 bits per heavy atom. The Kier molecular flexibility index (Phi) is 5.87. The molecule has 9 heteroatoms. The number of halogens is 1. The summed E-state index contributed by atoms with van der Waals surface area (Å²) in [7, 11) is -3.70. The number of sulfonamides is 1. The molecule has 0 aliphatic carbocycles. The molecule has 0 saturated heterocycles. The Bertz CT molecular complexity index is 1240. The molecule has 28 heavy (non-hydrogen) atoms. The molecule has 3 rings (SSSR count). The minimum Gasteiger partial charge on any atom is -0.423 e. The summed E-state index contributed by atoms with van der Waals surface area (Å²) in [6.07, 6.45) is 1.31. The molecule has 0 spiro atoms. The maximum atomic E-state index is 12.8. The van der Waals surface area contributed by atoms with E-state index in [0.29, 0.717) is 29.6 Å². The molecule has 0 saturated carbocycles. The fourth-order valence-corrected chi connectivity index (χ4v) is 4.83. The van der Waals surface area contributed by atoms with Gasteiger partial charge in [-0.05, 0) is 29.8 Å². The highest BCUT2D eigenvalue weighted by Crippen LogP contribution is 2.22. The van der Waals surface area contributed by atoms with E-state index in [1.807, 2.05) is 0 Å². The lowest BCUT2D eigenvalue weighted by Gasteiger charge is -2.19. The van der Waals surface area contributed by atoms with Crippen LogP contribution in [-0.2, 0) is 16.6 Å². The highest BCUT2D eigenvalue weighted by molar-refractivity contribution is 9.10. The molecule has 7 nitrogen and oxygen atoms in total. The number of hydrogen-bond acceptors (Lipinski definition) is 5. The van der Waals surface area contributed by atoms with E-state index in [2.05, 4.69) is 15.9 Å². The normalized spacial score (nSPS) is 12.0. The molecule has 2 heterocycles. The first-order valence-corrected chi connectivity index (χ1v) is 10.9. The second-order valence-electron chi connectivity index (χ2n) is 6.15. The van der Waals surface area contributed by atoms with E-state index in [4.69, 9.17) is 4.42 Å². The fourth-order valence-electron chi connectivity index (χ4n) is 3.02. The predicted octanol–water partition coefficient (Wildman–Crippen LogP) is 2.80. The fraction of sp³-hybridized carbons (Fsp3) is 0.263. The lowest BCUT2D eigenvalue weighted by Crippen LogP contribution is -2.32. The highest BCUT2D eigenvalue weighted by atomic mass is 79.9. The van der Waals surface area contributed by atoms with Gasteiger partial charge in [-0.1, -0.05) is 29.8 Å². The summed E-state index contributed by atoms with van der Waals surface area (Å²) in [4.78, 5) is 24.3. The van der Waals surface area contributed by atoms with Gasteiger partial charge in [-0.3, -0.25) is 4.79 Å². The van der Waals surface area contributed by atoms with Crippen LogP contribution in [0, 0.1) is 0 Å². The van der Waals surface area contributed by atoms with Gasteiger partial charge in [0.25, 0.3) is 5.56 Å². The van der Waals surface area contributed by atoms with Crippen molar-refractivity contribution in [1.82, 2.24) is 8.87 Å². The van der Waals surface area contributed by atoms with E-state index in [9.17, 15) is 18.0 Å². The first-order chi connectivity index (χ1) is 13.3. The average Bonchev–Trinajstić information content (AvgIpc) is 2.63. The van der Waals surface area contributed by atoms with Crippen molar-refractivity contribution in [3.63, 3.8) is 0 Å². The summed E-state index contributed by atoms with van der Waals surface area (Å²) in [5.41, 5.74) is 0.0487. The maximum absolute atomic E-state index is 12.8. The Hall–Kier alpha value is -2.23. The number of nitrogens with zero attached hydrogens (tertiary/aromatic N) is 2. The molecule has 0 bridgehead atoms. The van der Waals surface area contributed by atoms with Crippen molar-refractivity contribution in [3.05, 3.63) is 73.4 Å². The van der Waals surface area contributed by atoms with Gasteiger partial charge in [0.2, 0.25) is 10.0 Å². The molecule has 0 N–H and O–H groups in total. The second-order valence-corrected chi connectivity index (χ2v) is 9.01. The van der Waals surface area contributed by atoms with Gasteiger partial charge < -0.3 is 8.98 Å². The zero-order valence-electron chi connectivity index (χ0n) is 15.4. The molecule has 148 valence electrons. The number of benzene rings is 1. The van der Waals surface area contributed by atoms with Crippen molar-refractivity contribution in [3.8, 4) is 0 Å². The van der Waals surface area contributed by atoms with Gasteiger partial charge in [-0.25, -0.2) is 13.2 Å². The number of pyridine rings is 1. The van der Waals surface area contributed by atoms with Crippen LogP contribution in [0.2, 0.25) is 0 Å². The summed E-state index contributed by atoms with van der Waals surface area (Å²) < 4.78 is 34.1. The molecular formula is C19H19BrN2O5S. The molecule has 0 fully saturated rings. The smallest absolute Gasteiger partial charge is 0.336 e. The summed E-state index contributed by atoms with van der Waals surface area (Å²) in [6, 6.07) is 9.09. The Balaban J connectivity index is 2.11. The topological polar surface area (TPSA) is 89.6 Å². The molecule has 0 unspecified atom stereocenters. The van der Waals surface area contributed by atoms with E-state index in [0.717, 1.165) is 4.47 Å². The van der Waals surface area contributed by atoms with E-state index in [-0.39, 0.29) is 17.0 Å². The third kappa shape index (κ3) is 3.96. The lowest BCUT2D eigenvalue weighted by atomic mass is 10.1. The summed E-state index contributed by atoms with van der Waals surface area (Å²) >= 11 is 3.33. The van der Waals surface area contributed by atoms with E-state index < -0.39 is 15.6 Å². The van der Waals surface area contributed by atoms with Crippen LogP contribution in [0.4, 0.5) is 0 Å². The van der Waals surface area contributed by atoms with E-state index in [1.54, 1.807) is 32.0 Å². The molecule has 2 aromatic heterocycles. The highest BCUT2D eigenvalue weighted by Gasteiger charge is 2.22. The summed E-state index contributed by atoms with van der Waals surface area (Å²) in [5, 5.41) is 0.673. The van der Waals surface area contributed by atoms with E-state index >= 15 is 0 Å². The van der Waals surface area contributed by atoms with Crippen molar-refractivity contribution in [2.45, 2.75) is 25.3 Å². The second kappa shape index (κ2) is 8.02. The number of hydrogen-bond donors (Lipinski definition) is 0.